The molecule has 0 fully saturated rings. The summed E-state index contributed by atoms with van der Waals surface area (Å²) in [5, 5.41) is 0. The summed E-state index contributed by atoms with van der Waals surface area (Å²) in [7, 11) is 0. The van der Waals surface area contributed by atoms with Crippen molar-refractivity contribution in [3.05, 3.63) is 60.4 Å². The third-order valence-electron chi connectivity index (χ3n) is 3.10. The predicted octanol–water partition coefficient (Wildman–Crippen LogP) is 3.10. The lowest BCUT2D eigenvalue weighted by Crippen LogP contribution is -1.99. The van der Waals surface area contributed by atoms with Crippen molar-refractivity contribution in [2.75, 3.05) is 5.73 Å². The molecule has 0 saturated heterocycles. The molecule has 4 heteroatoms. The second kappa shape index (κ2) is 5.09. The summed E-state index contributed by atoms with van der Waals surface area (Å²) in [4.78, 5) is 13.1. The highest BCUT2D eigenvalue weighted by atomic mass is 14.9. The normalized spacial score (nSPS) is 10.4. The van der Waals surface area contributed by atoms with Gasteiger partial charge in [0, 0.05) is 29.6 Å². The van der Waals surface area contributed by atoms with Gasteiger partial charge in [-0.05, 0) is 18.6 Å². The minimum Gasteiger partial charge on any atom is -0.384 e. The van der Waals surface area contributed by atoms with E-state index in [9.17, 15) is 0 Å². The van der Waals surface area contributed by atoms with Gasteiger partial charge in [0.05, 0.1) is 5.69 Å². The van der Waals surface area contributed by atoms with E-state index in [-0.39, 0.29) is 0 Å². The van der Waals surface area contributed by atoms with Crippen LogP contribution in [0.5, 0.6) is 0 Å². The largest absolute Gasteiger partial charge is 0.384 e. The molecule has 0 amide bonds. The summed E-state index contributed by atoms with van der Waals surface area (Å²) in [5.74, 6) is 1.06. The van der Waals surface area contributed by atoms with Crippen molar-refractivity contribution < 1.29 is 0 Å². The molecule has 3 aromatic rings. The van der Waals surface area contributed by atoms with Crippen molar-refractivity contribution in [2.45, 2.75) is 6.92 Å². The molecule has 0 radical (unpaired) electrons. The first kappa shape index (κ1) is 12.3. The first-order valence-corrected chi connectivity index (χ1v) is 6.35. The minimum atomic E-state index is 0.456. The fraction of sp³-hybridized carbons (Fsp3) is 0.0625. The summed E-state index contributed by atoms with van der Waals surface area (Å²) in [5.41, 5.74) is 9.72. The Morgan fingerprint density at radius 3 is 2.55 bits per heavy atom. The SMILES string of the molecule is Cc1ccncc1-c1nc(N)cc(-c2ccccc2)n1. The van der Waals surface area contributed by atoms with E-state index in [1.54, 1.807) is 18.5 Å². The third-order valence-corrected chi connectivity index (χ3v) is 3.10. The van der Waals surface area contributed by atoms with Crippen LogP contribution in [0.3, 0.4) is 0 Å². The Morgan fingerprint density at radius 2 is 1.80 bits per heavy atom. The zero-order valence-corrected chi connectivity index (χ0v) is 11.1. The molecule has 98 valence electrons. The monoisotopic (exact) mass is 262 g/mol. The number of benzene rings is 1. The molecule has 2 heterocycles. The smallest absolute Gasteiger partial charge is 0.163 e. The molecular weight excluding hydrogens is 248 g/mol. The minimum absolute atomic E-state index is 0.456. The van der Waals surface area contributed by atoms with Gasteiger partial charge in [-0.3, -0.25) is 4.98 Å². The Balaban J connectivity index is 2.15. The van der Waals surface area contributed by atoms with E-state index < -0.39 is 0 Å². The molecule has 2 aromatic heterocycles. The summed E-state index contributed by atoms with van der Waals surface area (Å²) in [6.07, 6.45) is 3.52. The lowest BCUT2D eigenvalue weighted by molar-refractivity contribution is 1.16. The van der Waals surface area contributed by atoms with Crippen LogP contribution in [-0.2, 0) is 0 Å². The molecule has 1 aromatic carbocycles. The molecule has 0 atom stereocenters. The van der Waals surface area contributed by atoms with Crippen LogP contribution in [0.1, 0.15) is 5.56 Å². The number of anilines is 1. The number of nitrogens with zero attached hydrogens (tertiary/aromatic N) is 3. The average Bonchev–Trinajstić information content (AvgIpc) is 2.48. The van der Waals surface area contributed by atoms with Crippen LogP contribution in [0.2, 0.25) is 0 Å². The van der Waals surface area contributed by atoms with Crippen LogP contribution in [0.15, 0.2) is 54.9 Å². The van der Waals surface area contributed by atoms with Gasteiger partial charge in [-0.25, -0.2) is 9.97 Å². The number of aryl methyl sites for hydroxylation is 1. The molecule has 0 unspecified atom stereocenters. The molecule has 0 spiro atoms. The van der Waals surface area contributed by atoms with E-state index >= 15 is 0 Å². The number of hydrogen-bond acceptors (Lipinski definition) is 4. The molecule has 2 N–H and O–H groups in total. The molecular formula is C16H14N4. The highest BCUT2D eigenvalue weighted by Gasteiger charge is 2.09. The first-order valence-electron chi connectivity index (χ1n) is 6.35. The average molecular weight is 262 g/mol. The van der Waals surface area contributed by atoms with Gasteiger partial charge in [-0.1, -0.05) is 30.3 Å². The van der Waals surface area contributed by atoms with E-state index in [4.69, 9.17) is 5.73 Å². The van der Waals surface area contributed by atoms with Crippen molar-refractivity contribution in [3.63, 3.8) is 0 Å². The van der Waals surface area contributed by atoms with Gasteiger partial charge in [0.1, 0.15) is 5.82 Å². The molecule has 0 saturated carbocycles. The summed E-state index contributed by atoms with van der Waals surface area (Å²) < 4.78 is 0. The van der Waals surface area contributed by atoms with Gasteiger partial charge in [-0.15, -0.1) is 0 Å². The zero-order valence-electron chi connectivity index (χ0n) is 11.1. The number of aromatic nitrogens is 3. The van der Waals surface area contributed by atoms with Crippen LogP contribution < -0.4 is 5.73 Å². The maximum atomic E-state index is 5.91. The first-order chi connectivity index (χ1) is 9.74. The van der Waals surface area contributed by atoms with Crippen LogP contribution in [0.4, 0.5) is 5.82 Å². The van der Waals surface area contributed by atoms with Gasteiger partial charge in [-0.2, -0.15) is 0 Å². The van der Waals surface area contributed by atoms with Crippen LogP contribution >= 0.6 is 0 Å². The Labute approximate surface area is 117 Å². The van der Waals surface area contributed by atoms with Crippen molar-refractivity contribution >= 4 is 5.82 Å². The predicted molar refractivity (Wildman–Crippen MR) is 79.8 cm³/mol. The molecule has 0 aliphatic rings. The lowest BCUT2D eigenvalue weighted by atomic mass is 10.1. The van der Waals surface area contributed by atoms with Crippen LogP contribution in [0.25, 0.3) is 22.6 Å². The molecule has 0 bridgehead atoms. The van der Waals surface area contributed by atoms with E-state index in [0.717, 1.165) is 22.4 Å². The second-order valence-corrected chi connectivity index (χ2v) is 4.56. The highest BCUT2D eigenvalue weighted by Crippen LogP contribution is 2.24. The van der Waals surface area contributed by atoms with Gasteiger partial charge in [0.2, 0.25) is 0 Å². The molecule has 20 heavy (non-hydrogen) atoms. The standard InChI is InChI=1S/C16H14N4/c1-11-7-8-18-10-13(11)16-19-14(9-15(17)20-16)12-5-3-2-4-6-12/h2-10H,1H3,(H2,17,19,20). The van der Waals surface area contributed by atoms with Crippen molar-refractivity contribution in [1.82, 2.24) is 15.0 Å². The Kier molecular flexibility index (Phi) is 3.13. The maximum Gasteiger partial charge on any atom is 0.163 e. The maximum absolute atomic E-state index is 5.91. The number of nitrogen functional groups attached to an aromatic ring is 1. The number of rotatable bonds is 2. The van der Waals surface area contributed by atoms with Gasteiger partial charge in [0.15, 0.2) is 5.82 Å². The van der Waals surface area contributed by atoms with Gasteiger partial charge in [0.25, 0.3) is 0 Å². The Morgan fingerprint density at radius 1 is 1.00 bits per heavy atom. The molecule has 0 aliphatic heterocycles. The van der Waals surface area contributed by atoms with E-state index in [2.05, 4.69) is 15.0 Å². The van der Waals surface area contributed by atoms with Crippen molar-refractivity contribution in [3.8, 4) is 22.6 Å². The fourth-order valence-electron chi connectivity index (χ4n) is 2.04. The summed E-state index contributed by atoms with van der Waals surface area (Å²) >= 11 is 0. The van der Waals surface area contributed by atoms with Gasteiger partial charge < -0.3 is 5.73 Å². The van der Waals surface area contributed by atoms with E-state index in [0.29, 0.717) is 11.6 Å². The molecule has 3 rings (SSSR count). The number of nitrogens with two attached hydrogens (primary N) is 1. The fourth-order valence-corrected chi connectivity index (χ4v) is 2.04. The highest BCUT2D eigenvalue weighted by molar-refractivity contribution is 5.67. The zero-order chi connectivity index (χ0) is 13.9. The van der Waals surface area contributed by atoms with E-state index in [1.807, 2.05) is 43.3 Å². The van der Waals surface area contributed by atoms with Gasteiger partial charge >= 0.3 is 0 Å². The Hall–Kier alpha value is -2.75. The quantitative estimate of drug-likeness (QED) is 0.770. The number of hydrogen-bond donors (Lipinski definition) is 1. The molecule has 4 nitrogen and oxygen atoms in total. The van der Waals surface area contributed by atoms with Crippen molar-refractivity contribution in [2.24, 2.45) is 0 Å². The molecule has 0 aliphatic carbocycles. The summed E-state index contributed by atoms with van der Waals surface area (Å²) in [6.45, 7) is 2.01. The third kappa shape index (κ3) is 2.36. The lowest BCUT2D eigenvalue weighted by Gasteiger charge is -2.07. The van der Waals surface area contributed by atoms with Crippen LogP contribution in [-0.4, -0.2) is 15.0 Å². The van der Waals surface area contributed by atoms with Crippen LogP contribution in [0, 0.1) is 6.92 Å². The van der Waals surface area contributed by atoms with E-state index in [1.165, 1.54) is 0 Å². The summed E-state index contributed by atoms with van der Waals surface area (Å²) in [6, 6.07) is 13.6. The number of pyridine rings is 1. The topological polar surface area (TPSA) is 64.7 Å². The van der Waals surface area contributed by atoms with Crippen molar-refractivity contribution in [1.29, 1.82) is 0 Å². The second-order valence-electron chi connectivity index (χ2n) is 4.56. The Bertz CT molecular complexity index is 738.